The second-order valence-electron chi connectivity index (χ2n) is 4.43. The van der Waals surface area contributed by atoms with Gasteiger partial charge in [0.25, 0.3) is 5.69 Å². The maximum atomic E-state index is 11.8. The summed E-state index contributed by atoms with van der Waals surface area (Å²) in [6.45, 7) is 2.24. The third kappa shape index (κ3) is 3.89. The van der Waals surface area contributed by atoms with Crippen LogP contribution in [0.1, 0.15) is 22.8 Å². The molecule has 0 aliphatic heterocycles. The number of carbonyl (C=O) groups excluding carboxylic acids is 2. The average Bonchev–Trinajstić information content (AvgIpc) is 2.45. The summed E-state index contributed by atoms with van der Waals surface area (Å²) < 4.78 is 4.75. The molecule has 1 aromatic carbocycles. The third-order valence-corrected chi connectivity index (χ3v) is 2.76. The van der Waals surface area contributed by atoms with E-state index in [4.69, 9.17) is 15.7 Å². The number of nitro groups is 1. The molecular weight excluding hydrogens is 290 g/mol. The predicted molar refractivity (Wildman–Crippen MR) is 75.6 cm³/mol. The molecule has 2 N–H and O–H groups in total. The summed E-state index contributed by atoms with van der Waals surface area (Å²) in [5.74, 6) is -1.64. The topological polar surface area (TPSA) is 136 Å². The molecule has 1 aromatic rings. The van der Waals surface area contributed by atoms with Crippen molar-refractivity contribution in [1.82, 2.24) is 0 Å². The summed E-state index contributed by atoms with van der Waals surface area (Å²) >= 11 is 0. The molecule has 0 heterocycles. The van der Waals surface area contributed by atoms with Crippen molar-refractivity contribution in [2.45, 2.75) is 13.8 Å². The first-order chi connectivity index (χ1) is 10.3. The van der Waals surface area contributed by atoms with Crippen LogP contribution in [0, 0.1) is 28.4 Å². The molecule has 0 saturated heterocycles. The van der Waals surface area contributed by atoms with Gasteiger partial charge in [-0.05, 0) is 19.9 Å². The number of ketones is 1. The van der Waals surface area contributed by atoms with Gasteiger partial charge >= 0.3 is 5.97 Å². The first-order valence-electron chi connectivity index (χ1n) is 6.09. The Kier molecular flexibility index (Phi) is 5.35. The van der Waals surface area contributed by atoms with Crippen molar-refractivity contribution in [3.8, 4) is 6.07 Å². The predicted octanol–water partition coefficient (Wildman–Crippen LogP) is 1.39. The molecule has 8 nitrogen and oxygen atoms in total. The maximum Gasteiger partial charge on any atom is 0.338 e. The molecule has 0 bridgehead atoms. The summed E-state index contributed by atoms with van der Waals surface area (Å²) in [5.41, 5.74) is 5.20. The second-order valence-corrected chi connectivity index (χ2v) is 4.43. The Morgan fingerprint density at radius 2 is 2.09 bits per heavy atom. The Bertz CT molecular complexity index is 712. The highest BCUT2D eigenvalue weighted by molar-refractivity contribution is 6.02. The first-order valence-corrected chi connectivity index (χ1v) is 6.09. The molecule has 0 spiro atoms. The van der Waals surface area contributed by atoms with Gasteiger partial charge < -0.3 is 10.5 Å². The zero-order valence-corrected chi connectivity index (χ0v) is 12.0. The molecule has 8 heteroatoms. The van der Waals surface area contributed by atoms with Crippen molar-refractivity contribution in [2.24, 2.45) is 5.73 Å². The van der Waals surface area contributed by atoms with Crippen LogP contribution in [0.25, 0.3) is 0 Å². The molecule has 22 heavy (non-hydrogen) atoms. The fourth-order valence-electron chi connectivity index (χ4n) is 1.59. The highest BCUT2D eigenvalue weighted by Crippen LogP contribution is 2.19. The van der Waals surface area contributed by atoms with Gasteiger partial charge in [0.15, 0.2) is 6.61 Å². The highest BCUT2D eigenvalue weighted by Gasteiger charge is 2.18. The summed E-state index contributed by atoms with van der Waals surface area (Å²) in [5, 5.41) is 19.6. The number of nitriles is 1. The van der Waals surface area contributed by atoms with Gasteiger partial charge in [0, 0.05) is 17.3 Å². The number of aryl methyl sites for hydroxylation is 1. The van der Waals surface area contributed by atoms with Gasteiger partial charge in [-0.1, -0.05) is 6.07 Å². The smallest absolute Gasteiger partial charge is 0.338 e. The van der Waals surface area contributed by atoms with Crippen LogP contribution in [-0.4, -0.2) is 23.3 Å². The summed E-state index contributed by atoms with van der Waals surface area (Å²) in [6.07, 6.45) is 0. The number of Topliss-reactive ketones (excluding diaryl/α,β-unsaturated/α-hetero) is 1. The van der Waals surface area contributed by atoms with E-state index in [1.54, 1.807) is 6.07 Å². The van der Waals surface area contributed by atoms with E-state index in [1.165, 1.54) is 26.0 Å². The molecule has 0 radical (unpaired) electrons. The zero-order valence-electron chi connectivity index (χ0n) is 12.0. The number of hydrogen-bond acceptors (Lipinski definition) is 7. The molecule has 0 aliphatic carbocycles. The van der Waals surface area contributed by atoms with Crippen molar-refractivity contribution in [1.29, 1.82) is 5.26 Å². The van der Waals surface area contributed by atoms with Crippen molar-refractivity contribution in [2.75, 3.05) is 6.61 Å². The van der Waals surface area contributed by atoms with Gasteiger partial charge in [-0.25, -0.2) is 4.79 Å². The molecule has 0 amide bonds. The SMILES string of the molecule is C/C(N)=C(\C#N)C(=O)COC(=O)c1ccc(C)c([N+](=O)[O-])c1. The van der Waals surface area contributed by atoms with E-state index in [0.29, 0.717) is 5.56 Å². The zero-order chi connectivity index (χ0) is 16.9. The molecular formula is C14H13N3O5. The van der Waals surface area contributed by atoms with Crippen LogP contribution in [0.2, 0.25) is 0 Å². The van der Waals surface area contributed by atoms with Crippen LogP contribution in [0.15, 0.2) is 29.5 Å². The standard InChI is InChI=1S/C14H13N3O5/c1-8-3-4-10(5-12(8)17(20)21)14(19)22-7-13(18)11(6-15)9(2)16/h3-5H,7,16H2,1-2H3/b11-9-. The molecule has 1 rings (SSSR count). The Balaban J connectivity index is 2.86. The first kappa shape index (κ1) is 16.8. The summed E-state index contributed by atoms with van der Waals surface area (Å²) in [7, 11) is 0. The number of nitro benzene ring substituents is 1. The van der Waals surface area contributed by atoms with Gasteiger partial charge in [0.1, 0.15) is 11.6 Å². The van der Waals surface area contributed by atoms with Gasteiger partial charge in [-0.15, -0.1) is 0 Å². The second kappa shape index (κ2) is 6.99. The van der Waals surface area contributed by atoms with Crippen LogP contribution in [0.4, 0.5) is 5.69 Å². The van der Waals surface area contributed by atoms with Crippen molar-refractivity contribution in [3.63, 3.8) is 0 Å². The van der Waals surface area contributed by atoms with E-state index in [9.17, 15) is 19.7 Å². The van der Waals surface area contributed by atoms with E-state index in [1.807, 2.05) is 0 Å². The number of hydrogen-bond donors (Lipinski definition) is 1. The van der Waals surface area contributed by atoms with Gasteiger partial charge in [0.05, 0.1) is 10.5 Å². The summed E-state index contributed by atoms with van der Waals surface area (Å²) in [4.78, 5) is 33.6. The number of rotatable bonds is 5. The lowest BCUT2D eigenvalue weighted by Crippen LogP contribution is -2.17. The molecule has 0 saturated carbocycles. The van der Waals surface area contributed by atoms with Gasteiger partial charge in [0.2, 0.25) is 5.78 Å². The monoisotopic (exact) mass is 303 g/mol. The van der Waals surface area contributed by atoms with E-state index in [-0.39, 0.29) is 22.5 Å². The molecule has 0 aliphatic rings. The minimum absolute atomic E-state index is 0.0227. The van der Waals surface area contributed by atoms with Crippen molar-refractivity contribution < 1.29 is 19.2 Å². The lowest BCUT2D eigenvalue weighted by atomic mass is 10.1. The number of carbonyl (C=O) groups is 2. The highest BCUT2D eigenvalue weighted by atomic mass is 16.6. The maximum absolute atomic E-state index is 11.8. The van der Waals surface area contributed by atoms with E-state index in [0.717, 1.165) is 6.07 Å². The van der Waals surface area contributed by atoms with Gasteiger partial charge in [-0.3, -0.25) is 14.9 Å². The molecule has 0 fully saturated rings. The van der Waals surface area contributed by atoms with E-state index >= 15 is 0 Å². The molecule has 0 aromatic heterocycles. The lowest BCUT2D eigenvalue weighted by molar-refractivity contribution is -0.385. The Morgan fingerprint density at radius 3 is 2.59 bits per heavy atom. The number of esters is 1. The number of allylic oxidation sites excluding steroid dienone is 1. The number of benzene rings is 1. The fourth-order valence-corrected chi connectivity index (χ4v) is 1.59. The number of nitrogens with two attached hydrogens (primary N) is 1. The summed E-state index contributed by atoms with van der Waals surface area (Å²) in [6, 6.07) is 5.44. The van der Waals surface area contributed by atoms with Crippen molar-refractivity contribution in [3.05, 3.63) is 50.7 Å². The lowest BCUT2D eigenvalue weighted by Gasteiger charge is -2.05. The number of nitrogens with zero attached hydrogens (tertiary/aromatic N) is 2. The van der Waals surface area contributed by atoms with Crippen LogP contribution < -0.4 is 5.73 Å². The molecule has 0 atom stereocenters. The Labute approximate surface area is 125 Å². The minimum atomic E-state index is -0.900. The largest absolute Gasteiger partial charge is 0.454 e. The Hall–Kier alpha value is -3.21. The third-order valence-electron chi connectivity index (χ3n) is 2.76. The quantitative estimate of drug-likeness (QED) is 0.285. The fraction of sp³-hybridized carbons (Fsp3) is 0.214. The normalized spacial score (nSPS) is 11.1. The van der Waals surface area contributed by atoms with E-state index in [2.05, 4.69) is 0 Å². The van der Waals surface area contributed by atoms with Crippen LogP contribution in [0.5, 0.6) is 0 Å². The Morgan fingerprint density at radius 1 is 1.45 bits per heavy atom. The van der Waals surface area contributed by atoms with Crippen LogP contribution in [-0.2, 0) is 9.53 Å². The van der Waals surface area contributed by atoms with Crippen LogP contribution in [0.3, 0.4) is 0 Å². The van der Waals surface area contributed by atoms with E-state index < -0.39 is 23.3 Å². The van der Waals surface area contributed by atoms with Gasteiger partial charge in [-0.2, -0.15) is 5.26 Å². The number of ether oxygens (including phenoxy) is 1. The molecule has 114 valence electrons. The average molecular weight is 303 g/mol. The molecule has 0 unspecified atom stereocenters. The van der Waals surface area contributed by atoms with Crippen molar-refractivity contribution >= 4 is 17.4 Å². The van der Waals surface area contributed by atoms with Crippen LogP contribution >= 0.6 is 0 Å². The minimum Gasteiger partial charge on any atom is -0.454 e.